The fourth-order valence-electron chi connectivity index (χ4n) is 2.57. The number of benzene rings is 1. The quantitative estimate of drug-likeness (QED) is 0.760. The molecule has 0 bridgehead atoms. The summed E-state index contributed by atoms with van der Waals surface area (Å²) < 4.78 is 7.31. The van der Waals surface area contributed by atoms with Gasteiger partial charge in [-0.3, -0.25) is 0 Å². The highest BCUT2D eigenvalue weighted by Gasteiger charge is 2.08. The van der Waals surface area contributed by atoms with Crippen LogP contribution < -0.4 is 10.1 Å². The van der Waals surface area contributed by atoms with Crippen molar-refractivity contribution in [3.63, 3.8) is 0 Å². The molecule has 1 aromatic carbocycles. The van der Waals surface area contributed by atoms with E-state index in [1.165, 1.54) is 5.52 Å². The predicted molar refractivity (Wildman–Crippen MR) is 86.7 cm³/mol. The lowest BCUT2D eigenvalue weighted by Crippen LogP contribution is -2.16. The molecule has 0 saturated carbocycles. The van der Waals surface area contributed by atoms with E-state index in [1.54, 1.807) is 7.11 Å². The lowest BCUT2D eigenvalue weighted by Gasteiger charge is -2.08. The summed E-state index contributed by atoms with van der Waals surface area (Å²) in [5, 5.41) is 3.43. The highest BCUT2D eigenvalue weighted by Crippen LogP contribution is 2.16. The average molecular weight is 296 g/mol. The van der Waals surface area contributed by atoms with Crippen LogP contribution in [0.3, 0.4) is 0 Å². The van der Waals surface area contributed by atoms with E-state index in [2.05, 4.69) is 40.0 Å². The number of para-hydroxylation sites is 2. The monoisotopic (exact) mass is 296 g/mol. The second-order valence-electron chi connectivity index (χ2n) is 5.07. The van der Waals surface area contributed by atoms with Gasteiger partial charge in [0.25, 0.3) is 0 Å². The van der Waals surface area contributed by atoms with E-state index in [0.29, 0.717) is 5.88 Å². The first kappa shape index (κ1) is 14.5. The van der Waals surface area contributed by atoms with Crippen LogP contribution in [0.25, 0.3) is 11.0 Å². The zero-order valence-electron chi connectivity index (χ0n) is 12.9. The zero-order chi connectivity index (χ0) is 15.4. The Morgan fingerprint density at radius 2 is 2.00 bits per heavy atom. The molecular formula is C17H20N4O. The molecule has 0 fully saturated rings. The fraction of sp³-hybridized carbons (Fsp3) is 0.294. The number of pyridine rings is 1. The maximum absolute atomic E-state index is 5.06. The molecule has 0 atom stereocenters. The smallest absolute Gasteiger partial charge is 0.212 e. The summed E-state index contributed by atoms with van der Waals surface area (Å²) in [6.07, 6.45) is 1.83. The van der Waals surface area contributed by atoms with Crippen LogP contribution in [-0.4, -0.2) is 21.6 Å². The summed E-state index contributed by atoms with van der Waals surface area (Å²) in [7, 11) is 1.62. The van der Waals surface area contributed by atoms with Gasteiger partial charge in [0, 0.05) is 25.4 Å². The normalized spacial score (nSPS) is 11.0. The Morgan fingerprint density at radius 3 is 2.73 bits per heavy atom. The Balaban J connectivity index is 1.68. The van der Waals surface area contributed by atoms with Crippen molar-refractivity contribution in [1.82, 2.24) is 19.9 Å². The van der Waals surface area contributed by atoms with Gasteiger partial charge in [-0.05, 0) is 24.6 Å². The standard InChI is InChI=1S/C17H20N4O/c1-3-21-15-7-5-4-6-14(15)20-16(21)12-18-10-13-8-9-17(22-2)19-11-13/h4-9,11,18H,3,10,12H2,1-2H3. The number of ether oxygens (including phenoxy) is 1. The summed E-state index contributed by atoms with van der Waals surface area (Å²) in [4.78, 5) is 8.92. The molecule has 22 heavy (non-hydrogen) atoms. The number of imidazole rings is 1. The first-order valence-electron chi connectivity index (χ1n) is 7.45. The third-order valence-electron chi connectivity index (χ3n) is 3.67. The molecule has 2 aromatic heterocycles. The summed E-state index contributed by atoms with van der Waals surface area (Å²) in [6, 6.07) is 12.1. The van der Waals surface area contributed by atoms with Gasteiger partial charge < -0.3 is 14.6 Å². The number of rotatable bonds is 6. The van der Waals surface area contributed by atoms with Crippen LogP contribution in [0.2, 0.25) is 0 Å². The fourth-order valence-corrected chi connectivity index (χ4v) is 2.57. The van der Waals surface area contributed by atoms with Gasteiger partial charge in [0.15, 0.2) is 0 Å². The third-order valence-corrected chi connectivity index (χ3v) is 3.67. The van der Waals surface area contributed by atoms with E-state index in [9.17, 15) is 0 Å². The van der Waals surface area contributed by atoms with Crippen molar-refractivity contribution in [1.29, 1.82) is 0 Å². The Hall–Kier alpha value is -2.40. The average Bonchev–Trinajstić information content (AvgIpc) is 2.93. The number of nitrogens with zero attached hydrogens (tertiary/aromatic N) is 3. The molecule has 2 heterocycles. The molecule has 114 valence electrons. The SMILES string of the molecule is CCn1c(CNCc2ccc(OC)nc2)nc2ccccc21. The molecule has 0 radical (unpaired) electrons. The van der Waals surface area contributed by atoms with Crippen LogP contribution in [-0.2, 0) is 19.6 Å². The number of hydrogen-bond acceptors (Lipinski definition) is 4. The van der Waals surface area contributed by atoms with Gasteiger partial charge in [-0.15, -0.1) is 0 Å². The number of aromatic nitrogens is 3. The largest absolute Gasteiger partial charge is 0.481 e. The van der Waals surface area contributed by atoms with Crippen LogP contribution in [0.15, 0.2) is 42.6 Å². The second kappa shape index (κ2) is 6.58. The zero-order valence-corrected chi connectivity index (χ0v) is 12.9. The summed E-state index contributed by atoms with van der Waals surface area (Å²) in [6.45, 7) is 4.55. The molecule has 3 rings (SSSR count). The van der Waals surface area contributed by atoms with E-state index in [-0.39, 0.29) is 0 Å². The van der Waals surface area contributed by atoms with Crippen LogP contribution in [0.1, 0.15) is 18.3 Å². The number of nitrogens with one attached hydrogen (secondary N) is 1. The van der Waals surface area contributed by atoms with E-state index < -0.39 is 0 Å². The van der Waals surface area contributed by atoms with Gasteiger partial charge in [0.2, 0.25) is 5.88 Å². The summed E-state index contributed by atoms with van der Waals surface area (Å²) >= 11 is 0. The van der Waals surface area contributed by atoms with Gasteiger partial charge in [0.1, 0.15) is 5.82 Å². The van der Waals surface area contributed by atoms with Crippen LogP contribution in [0.5, 0.6) is 5.88 Å². The molecule has 0 unspecified atom stereocenters. The van der Waals surface area contributed by atoms with Crippen molar-refractivity contribution in [2.75, 3.05) is 7.11 Å². The van der Waals surface area contributed by atoms with Crippen LogP contribution >= 0.6 is 0 Å². The minimum absolute atomic E-state index is 0.636. The molecule has 0 aliphatic rings. The van der Waals surface area contributed by atoms with Crippen molar-refractivity contribution >= 4 is 11.0 Å². The van der Waals surface area contributed by atoms with Gasteiger partial charge in [-0.25, -0.2) is 9.97 Å². The first-order chi connectivity index (χ1) is 10.8. The third kappa shape index (κ3) is 2.94. The molecular weight excluding hydrogens is 276 g/mol. The Bertz CT molecular complexity index is 749. The van der Waals surface area contributed by atoms with Crippen molar-refractivity contribution in [2.45, 2.75) is 26.6 Å². The molecule has 3 aromatic rings. The molecule has 0 saturated heterocycles. The summed E-state index contributed by atoms with van der Waals surface area (Å²) in [5.74, 6) is 1.70. The minimum Gasteiger partial charge on any atom is -0.481 e. The lowest BCUT2D eigenvalue weighted by molar-refractivity contribution is 0.397. The number of hydrogen-bond donors (Lipinski definition) is 1. The molecule has 5 nitrogen and oxygen atoms in total. The second-order valence-corrected chi connectivity index (χ2v) is 5.07. The molecule has 1 N–H and O–H groups in total. The first-order valence-corrected chi connectivity index (χ1v) is 7.45. The van der Waals surface area contributed by atoms with E-state index >= 15 is 0 Å². The van der Waals surface area contributed by atoms with E-state index in [4.69, 9.17) is 9.72 Å². The number of aryl methyl sites for hydroxylation is 1. The number of fused-ring (bicyclic) bond motifs is 1. The highest BCUT2D eigenvalue weighted by molar-refractivity contribution is 5.75. The Labute approximate surface area is 130 Å². The Kier molecular flexibility index (Phi) is 4.34. The van der Waals surface area contributed by atoms with Crippen molar-refractivity contribution in [3.8, 4) is 5.88 Å². The maximum Gasteiger partial charge on any atom is 0.212 e. The number of methoxy groups -OCH3 is 1. The molecule has 0 spiro atoms. The van der Waals surface area contributed by atoms with Crippen LogP contribution in [0.4, 0.5) is 0 Å². The molecule has 0 aliphatic heterocycles. The van der Waals surface area contributed by atoms with Gasteiger partial charge in [0.05, 0.1) is 24.7 Å². The molecule has 5 heteroatoms. The molecule has 0 aliphatic carbocycles. The molecule has 0 amide bonds. The van der Waals surface area contributed by atoms with Gasteiger partial charge in [-0.2, -0.15) is 0 Å². The van der Waals surface area contributed by atoms with Crippen molar-refractivity contribution in [3.05, 3.63) is 54.0 Å². The van der Waals surface area contributed by atoms with Gasteiger partial charge >= 0.3 is 0 Å². The maximum atomic E-state index is 5.06. The highest BCUT2D eigenvalue weighted by atomic mass is 16.5. The van der Waals surface area contributed by atoms with Crippen molar-refractivity contribution in [2.24, 2.45) is 0 Å². The van der Waals surface area contributed by atoms with E-state index in [0.717, 1.165) is 36.5 Å². The lowest BCUT2D eigenvalue weighted by atomic mass is 10.3. The predicted octanol–water partition coefficient (Wildman–Crippen LogP) is 2.75. The van der Waals surface area contributed by atoms with Gasteiger partial charge in [-0.1, -0.05) is 18.2 Å². The summed E-state index contributed by atoms with van der Waals surface area (Å²) in [5.41, 5.74) is 3.36. The van der Waals surface area contributed by atoms with Crippen LogP contribution in [0, 0.1) is 0 Å². The van der Waals surface area contributed by atoms with E-state index in [1.807, 2.05) is 24.4 Å². The minimum atomic E-state index is 0.636. The topological polar surface area (TPSA) is 52.0 Å². The van der Waals surface area contributed by atoms with Crippen molar-refractivity contribution < 1.29 is 4.74 Å². The Morgan fingerprint density at radius 1 is 1.14 bits per heavy atom.